The summed E-state index contributed by atoms with van der Waals surface area (Å²) in [6.45, 7) is 4.65. The van der Waals surface area contributed by atoms with Crippen LogP contribution in [-0.2, 0) is 5.41 Å². The Balaban J connectivity index is 1.22. The maximum atomic E-state index is 4.90. The summed E-state index contributed by atoms with van der Waals surface area (Å²) in [5, 5.41) is 0. The average molecular weight is 556 g/mol. The third-order valence-corrected chi connectivity index (χ3v) is 8.82. The first-order valence-electron chi connectivity index (χ1n) is 14.7. The zero-order chi connectivity index (χ0) is 29.0. The van der Waals surface area contributed by atoms with Crippen molar-refractivity contribution in [3.8, 4) is 45.6 Å². The molecule has 0 bridgehead atoms. The van der Waals surface area contributed by atoms with Crippen molar-refractivity contribution in [2.24, 2.45) is 0 Å². The molecule has 0 amide bonds. The summed E-state index contributed by atoms with van der Waals surface area (Å²) in [7, 11) is 0. The second-order valence-corrected chi connectivity index (χ2v) is 11.7. The molecule has 3 heterocycles. The van der Waals surface area contributed by atoms with Crippen molar-refractivity contribution < 1.29 is 0 Å². The molecule has 5 heteroatoms. The number of pyridine rings is 2. The zero-order valence-electron chi connectivity index (χ0n) is 24.1. The van der Waals surface area contributed by atoms with Gasteiger partial charge in [-0.25, -0.2) is 15.0 Å². The van der Waals surface area contributed by atoms with Gasteiger partial charge in [0.25, 0.3) is 0 Å². The molecule has 3 aromatic heterocycles. The third kappa shape index (κ3) is 4.28. The van der Waals surface area contributed by atoms with Gasteiger partial charge in [0.2, 0.25) is 0 Å². The Morgan fingerprint density at radius 1 is 0.628 bits per heavy atom. The first-order valence-corrected chi connectivity index (χ1v) is 14.7. The van der Waals surface area contributed by atoms with Crippen LogP contribution in [0.25, 0.3) is 51.6 Å². The Morgan fingerprint density at radius 2 is 1.26 bits per heavy atom. The van der Waals surface area contributed by atoms with E-state index in [1.165, 1.54) is 38.9 Å². The molecule has 0 saturated carbocycles. The Hall–Kier alpha value is -5.29. The fraction of sp³-hybridized carbons (Fsp3) is 0.132. The number of rotatable bonds is 4. The molecule has 3 aromatic carbocycles. The van der Waals surface area contributed by atoms with Crippen LogP contribution in [0.2, 0.25) is 0 Å². The monoisotopic (exact) mass is 555 g/mol. The van der Waals surface area contributed by atoms with Gasteiger partial charge < -0.3 is 0 Å². The van der Waals surface area contributed by atoms with Crippen molar-refractivity contribution in [2.45, 2.75) is 31.6 Å². The van der Waals surface area contributed by atoms with Crippen LogP contribution in [0.5, 0.6) is 0 Å². The Kier molecular flexibility index (Phi) is 5.86. The van der Waals surface area contributed by atoms with E-state index in [0.717, 1.165) is 12.0 Å². The Labute approximate surface area is 251 Å². The molecule has 0 radical (unpaired) electrons. The van der Waals surface area contributed by atoms with Crippen LogP contribution in [0.3, 0.4) is 0 Å². The fourth-order valence-electron chi connectivity index (χ4n) is 6.59. The van der Waals surface area contributed by atoms with Crippen molar-refractivity contribution in [1.29, 1.82) is 0 Å². The summed E-state index contributed by atoms with van der Waals surface area (Å²) in [6.07, 6.45) is 9.08. The van der Waals surface area contributed by atoms with Gasteiger partial charge in [0, 0.05) is 29.3 Å². The second kappa shape index (κ2) is 9.92. The molecule has 0 N–H and O–H groups in total. The molecule has 0 spiro atoms. The molecule has 43 heavy (non-hydrogen) atoms. The number of hydrogen-bond acceptors (Lipinski definition) is 5. The zero-order valence-corrected chi connectivity index (χ0v) is 24.1. The summed E-state index contributed by atoms with van der Waals surface area (Å²) >= 11 is 0. The van der Waals surface area contributed by atoms with Gasteiger partial charge in [-0.15, -0.1) is 0 Å². The van der Waals surface area contributed by atoms with E-state index in [1.807, 2.05) is 36.4 Å². The van der Waals surface area contributed by atoms with Crippen molar-refractivity contribution in [3.05, 3.63) is 143 Å². The first-order chi connectivity index (χ1) is 21.1. The SMILES string of the molecule is CC1(C)c2cc(-c3nc(-c4ccccn4)nc(-c4ccccn4)n3)ccc2-c2ccc(C3CC=Cc4ccccc43)cc21. The molecule has 0 saturated heterocycles. The van der Waals surface area contributed by atoms with Gasteiger partial charge in [-0.2, -0.15) is 0 Å². The minimum atomic E-state index is -0.179. The van der Waals surface area contributed by atoms with Crippen molar-refractivity contribution in [3.63, 3.8) is 0 Å². The highest BCUT2D eigenvalue weighted by molar-refractivity contribution is 5.83. The number of nitrogens with zero attached hydrogens (tertiary/aromatic N) is 5. The normalized spacial score (nSPS) is 15.9. The molecule has 1 atom stereocenters. The van der Waals surface area contributed by atoms with E-state index in [9.17, 15) is 0 Å². The summed E-state index contributed by atoms with van der Waals surface area (Å²) in [5.74, 6) is 2.03. The minimum absolute atomic E-state index is 0.179. The summed E-state index contributed by atoms with van der Waals surface area (Å²) in [4.78, 5) is 23.6. The Bertz CT molecular complexity index is 1970. The number of hydrogen-bond donors (Lipinski definition) is 0. The minimum Gasteiger partial charge on any atom is -0.253 e. The van der Waals surface area contributed by atoms with Crippen LogP contribution in [0.15, 0.2) is 116 Å². The Morgan fingerprint density at radius 3 is 1.95 bits per heavy atom. The average Bonchev–Trinajstić information content (AvgIpc) is 3.30. The van der Waals surface area contributed by atoms with E-state index in [4.69, 9.17) is 15.0 Å². The largest absolute Gasteiger partial charge is 0.253 e. The lowest BCUT2D eigenvalue weighted by atomic mass is 9.78. The van der Waals surface area contributed by atoms with Gasteiger partial charge in [0.15, 0.2) is 17.5 Å². The van der Waals surface area contributed by atoms with Crippen LogP contribution < -0.4 is 0 Å². The highest BCUT2D eigenvalue weighted by atomic mass is 15.1. The molecular formula is C38H29N5. The van der Waals surface area contributed by atoms with Crippen LogP contribution >= 0.6 is 0 Å². The molecule has 2 aliphatic carbocycles. The molecule has 5 nitrogen and oxygen atoms in total. The van der Waals surface area contributed by atoms with E-state index in [0.29, 0.717) is 34.8 Å². The summed E-state index contributed by atoms with van der Waals surface area (Å²) in [5.41, 5.74) is 11.5. The van der Waals surface area contributed by atoms with Gasteiger partial charge in [0.05, 0.1) is 0 Å². The van der Waals surface area contributed by atoms with E-state index in [2.05, 4.69) is 96.6 Å². The molecule has 1 unspecified atom stereocenters. The molecule has 0 aliphatic heterocycles. The van der Waals surface area contributed by atoms with Crippen LogP contribution in [0.4, 0.5) is 0 Å². The quantitative estimate of drug-likeness (QED) is 0.218. The maximum absolute atomic E-state index is 4.90. The maximum Gasteiger partial charge on any atom is 0.182 e. The topological polar surface area (TPSA) is 64.5 Å². The number of aromatic nitrogens is 5. The van der Waals surface area contributed by atoms with E-state index < -0.39 is 0 Å². The second-order valence-electron chi connectivity index (χ2n) is 11.7. The highest BCUT2D eigenvalue weighted by Crippen LogP contribution is 2.51. The summed E-state index contributed by atoms with van der Waals surface area (Å²) in [6, 6.07) is 34.0. The number of benzene rings is 3. The van der Waals surface area contributed by atoms with Gasteiger partial charge in [-0.3, -0.25) is 9.97 Å². The van der Waals surface area contributed by atoms with E-state index in [-0.39, 0.29) is 5.41 Å². The van der Waals surface area contributed by atoms with Gasteiger partial charge in [0.1, 0.15) is 11.4 Å². The van der Waals surface area contributed by atoms with Crippen molar-refractivity contribution >= 4 is 6.08 Å². The molecule has 6 aromatic rings. The molecule has 206 valence electrons. The van der Waals surface area contributed by atoms with E-state index >= 15 is 0 Å². The van der Waals surface area contributed by atoms with Crippen molar-refractivity contribution in [1.82, 2.24) is 24.9 Å². The highest BCUT2D eigenvalue weighted by Gasteiger charge is 2.36. The van der Waals surface area contributed by atoms with Gasteiger partial charge in [-0.05, 0) is 75.7 Å². The lowest BCUT2D eigenvalue weighted by Crippen LogP contribution is -2.16. The standard InChI is InChI=1S/C38H29N5/c1-38(2)31-22-25(28-13-9-11-24-10-3-4-12-27(24)28)16-18-29(31)30-19-17-26(23-32(30)38)35-41-36(33-14-5-7-20-39-33)43-37(42-35)34-15-6-8-21-40-34/h3-12,14-23,28H,13H2,1-2H3. The van der Waals surface area contributed by atoms with Gasteiger partial charge >= 0.3 is 0 Å². The predicted octanol–water partition coefficient (Wildman–Crippen LogP) is 8.52. The van der Waals surface area contributed by atoms with Crippen molar-refractivity contribution in [2.75, 3.05) is 0 Å². The van der Waals surface area contributed by atoms with Gasteiger partial charge in [-0.1, -0.05) is 92.7 Å². The number of fused-ring (bicyclic) bond motifs is 4. The lowest BCUT2D eigenvalue weighted by Gasteiger charge is -2.26. The van der Waals surface area contributed by atoms with Crippen LogP contribution in [0.1, 0.15) is 54.0 Å². The lowest BCUT2D eigenvalue weighted by molar-refractivity contribution is 0.657. The predicted molar refractivity (Wildman–Crippen MR) is 171 cm³/mol. The molecule has 8 rings (SSSR count). The number of allylic oxidation sites excluding steroid dienone is 1. The molecular weight excluding hydrogens is 526 g/mol. The van der Waals surface area contributed by atoms with Crippen LogP contribution in [0, 0.1) is 0 Å². The van der Waals surface area contributed by atoms with Crippen LogP contribution in [-0.4, -0.2) is 24.9 Å². The molecule has 0 fully saturated rings. The fourth-order valence-corrected chi connectivity index (χ4v) is 6.59. The molecule has 2 aliphatic rings. The summed E-state index contributed by atoms with van der Waals surface area (Å²) < 4.78 is 0. The third-order valence-electron chi connectivity index (χ3n) is 8.82. The van der Waals surface area contributed by atoms with E-state index in [1.54, 1.807) is 12.4 Å². The smallest absolute Gasteiger partial charge is 0.182 e. The first kappa shape index (κ1) is 25.4.